The first-order chi connectivity index (χ1) is 17.1. The molecule has 180 valence electrons. The molecule has 0 N–H and O–H groups in total. The third-order valence-corrected chi connectivity index (χ3v) is 7.96. The minimum Gasteiger partial charge on any atom is -0.457 e. The Bertz CT molecular complexity index is 1330. The first kappa shape index (κ1) is 23.6. The summed E-state index contributed by atoms with van der Waals surface area (Å²) in [6.07, 6.45) is 8.84. The predicted octanol–water partition coefficient (Wildman–Crippen LogP) is 8.62. The molecule has 0 amide bonds. The number of rotatable bonds is 7. The Hall–Kier alpha value is -3.11. The van der Waals surface area contributed by atoms with Gasteiger partial charge in [-0.15, -0.1) is 0 Å². The fraction of sp³-hybridized carbons (Fsp3) is 0.290. The first-order valence-corrected chi connectivity index (χ1v) is 13.6. The zero-order chi connectivity index (χ0) is 24.4. The minimum absolute atomic E-state index is 0.885. The van der Waals surface area contributed by atoms with Gasteiger partial charge in [-0.05, 0) is 74.6 Å². The summed E-state index contributed by atoms with van der Waals surface area (Å²) >= 11 is 1.86. The number of nitrogens with zero attached hydrogens (tertiary/aromatic N) is 2. The first-order valence-electron chi connectivity index (χ1n) is 12.8. The normalized spacial score (nSPS) is 16.9. The van der Waals surface area contributed by atoms with Gasteiger partial charge in [-0.25, -0.2) is 0 Å². The van der Waals surface area contributed by atoms with Crippen LogP contribution in [0.5, 0.6) is 5.75 Å². The highest BCUT2D eigenvalue weighted by Crippen LogP contribution is 2.49. The zero-order valence-corrected chi connectivity index (χ0v) is 22.0. The van der Waals surface area contributed by atoms with Gasteiger partial charge in [0.1, 0.15) is 11.5 Å². The van der Waals surface area contributed by atoms with Crippen molar-refractivity contribution >= 4 is 39.5 Å². The summed E-state index contributed by atoms with van der Waals surface area (Å²) < 4.78 is 6.39. The lowest BCUT2D eigenvalue weighted by Crippen LogP contribution is -2.21. The lowest BCUT2D eigenvalue weighted by atomic mass is 10.0. The molecule has 2 aliphatic rings. The van der Waals surface area contributed by atoms with Crippen LogP contribution in [-0.2, 0) is 0 Å². The van der Waals surface area contributed by atoms with E-state index >= 15 is 0 Å². The van der Waals surface area contributed by atoms with Crippen LogP contribution < -0.4 is 14.5 Å². The number of ether oxygens (including phenoxy) is 1. The Kier molecular flexibility index (Phi) is 6.92. The molecule has 0 aliphatic carbocycles. The van der Waals surface area contributed by atoms with Gasteiger partial charge < -0.3 is 14.5 Å². The Morgan fingerprint density at radius 3 is 2.60 bits per heavy atom. The maximum absolute atomic E-state index is 6.39. The van der Waals surface area contributed by atoms with E-state index in [-0.39, 0.29) is 0 Å². The number of unbranched alkanes of at least 4 members (excludes halogenated alkanes) is 1. The fourth-order valence-electron chi connectivity index (χ4n) is 4.93. The van der Waals surface area contributed by atoms with Gasteiger partial charge in [-0.1, -0.05) is 55.4 Å². The van der Waals surface area contributed by atoms with Crippen LogP contribution >= 0.6 is 11.8 Å². The van der Waals surface area contributed by atoms with E-state index in [4.69, 9.17) is 4.74 Å². The third-order valence-electron chi connectivity index (χ3n) is 6.84. The van der Waals surface area contributed by atoms with Crippen LogP contribution in [-0.4, -0.2) is 19.6 Å². The van der Waals surface area contributed by atoms with E-state index in [1.807, 2.05) is 11.8 Å². The number of hydrogen-bond donors (Lipinski definition) is 0. The molecular formula is C31H34N2OS. The molecule has 3 nitrogen and oxygen atoms in total. The van der Waals surface area contributed by atoms with Gasteiger partial charge in [-0.3, -0.25) is 0 Å². The molecular weight excluding hydrogens is 448 g/mol. The minimum atomic E-state index is 0.885. The number of thioether (sulfide) groups is 1. The highest BCUT2D eigenvalue weighted by molar-refractivity contribution is 8.03. The summed E-state index contributed by atoms with van der Waals surface area (Å²) in [5.41, 5.74) is 4.96. The molecule has 0 aromatic heterocycles. The smallest absolute Gasteiger partial charge is 0.136 e. The van der Waals surface area contributed by atoms with E-state index in [9.17, 15) is 0 Å². The molecule has 5 rings (SSSR count). The van der Waals surface area contributed by atoms with Crippen LogP contribution in [0.15, 0.2) is 88.5 Å². The molecule has 0 saturated heterocycles. The summed E-state index contributed by atoms with van der Waals surface area (Å²) in [5, 5.41) is 3.88. The second kappa shape index (κ2) is 10.2. The van der Waals surface area contributed by atoms with Crippen molar-refractivity contribution in [2.24, 2.45) is 0 Å². The highest BCUT2D eigenvalue weighted by atomic mass is 32.2. The van der Waals surface area contributed by atoms with Gasteiger partial charge in [0.25, 0.3) is 0 Å². The van der Waals surface area contributed by atoms with E-state index in [2.05, 4.69) is 110 Å². The molecule has 2 heterocycles. The number of fused-ring (bicyclic) bond motifs is 4. The molecule has 4 heteroatoms. The van der Waals surface area contributed by atoms with E-state index in [0.717, 1.165) is 37.6 Å². The van der Waals surface area contributed by atoms with Gasteiger partial charge >= 0.3 is 0 Å². The summed E-state index contributed by atoms with van der Waals surface area (Å²) in [6, 6.07) is 19.8. The van der Waals surface area contributed by atoms with Crippen LogP contribution in [0.4, 0.5) is 11.4 Å². The molecule has 3 aromatic rings. The lowest BCUT2D eigenvalue weighted by Gasteiger charge is -2.25. The van der Waals surface area contributed by atoms with Crippen molar-refractivity contribution in [2.75, 3.05) is 29.4 Å². The van der Waals surface area contributed by atoms with Crippen LogP contribution in [0.25, 0.3) is 16.3 Å². The number of allylic oxidation sites excluding steroid dienone is 4. The van der Waals surface area contributed by atoms with E-state index in [0.29, 0.717) is 0 Å². The van der Waals surface area contributed by atoms with Crippen LogP contribution in [0.3, 0.4) is 0 Å². The zero-order valence-electron chi connectivity index (χ0n) is 21.2. The van der Waals surface area contributed by atoms with Crippen LogP contribution in [0.1, 0.15) is 46.1 Å². The number of anilines is 2. The lowest BCUT2D eigenvalue weighted by molar-refractivity contribution is 0.438. The SMILES string of the molecule is CCCCN1/C(=C\C=C2/C=C(C)c3ccc(N(CC)CC)cc3O2)Sc2ccc3ccccc3c21. The Balaban J connectivity index is 1.48. The topological polar surface area (TPSA) is 15.7 Å². The highest BCUT2D eigenvalue weighted by Gasteiger charge is 2.26. The largest absolute Gasteiger partial charge is 0.457 e. The van der Waals surface area contributed by atoms with Gasteiger partial charge in [0.2, 0.25) is 0 Å². The predicted molar refractivity (Wildman–Crippen MR) is 153 cm³/mol. The molecule has 35 heavy (non-hydrogen) atoms. The summed E-state index contributed by atoms with van der Waals surface area (Å²) in [5.74, 6) is 1.83. The van der Waals surface area contributed by atoms with Crippen molar-refractivity contribution in [3.63, 3.8) is 0 Å². The Morgan fingerprint density at radius 2 is 1.80 bits per heavy atom. The molecule has 0 atom stereocenters. The van der Waals surface area contributed by atoms with E-state index in [1.54, 1.807) is 0 Å². The van der Waals surface area contributed by atoms with Crippen molar-refractivity contribution in [1.29, 1.82) is 0 Å². The van der Waals surface area contributed by atoms with E-state index < -0.39 is 0 Å². The monoisotopic (exact) mass is 482 g/mol. The maximum Gasteiger partial charge on any atom is 0.136 e. The van der Waals surface area contributed by atoms with Crippen LogP contribution in [0, 0.1) is 0 Å². The van der Waals surface area contributed by atoms with Crippen molar-refractivity contribution in [2.45, 2.75) is 45.4 Å². The molecule has 0 unspecified atom stereocenters. The summed E-state index contributed by atoms with van der Waals surface area (Å²) in [4.78, 5) is 6.18. The molecule has 3 aromatic carbocycles. The molecule has 0 saturated carbocycles. The van der Waals surface area contributed by atoms with Gasteiger partial charge in [-0.2, -0.15) is 0 Å². The van der Waals surface area contributed by atoms with Crippen LogP contribution in [0.2, 0.25) is 0 Å². The van der Waals surface area contributed by atoms with Crippen molar-refractivity contribution in [3.8, 4) is 5.75 Å². The van der Waals surface area contributed by atoms with Crippen molar-refractivity contribution < 1.29 is 4.74 Å². The quantitative estimate of drug-likeness (QED) is 0.335. The summed E-state index contributed by atoms with van der Waals surface area (Å²) in [7, 11) is 0. The van der Waals surface area contributed by atoms with Gasteiger partial charge in [0, 0.05) is 47.2 Å². The molecule has 0 radical (unpaired) electrons. The third kappa shape index (κ3) is 4.60. The Morgan fingerprint density at radius 1 is 0.971 bits per heavy atom. The van der Waals surface area contributed by atoms with Crippen molar-refractivity contribution in [3.05, 3.63) is 89.2 Å². The molecule has 0 fully saturated rings. The number of hydrogen-bond acceptors (Lipinski definition) is 4. The molecule has 0 bridgehead atoms. The van der Waals surface area contributed by atoms with E-state index in [1.165, 1.54) is 49.6 Å². The van der Waals surface area contributed by atoms with Gasteiger partial charge in [0.05, 0.1) is 10.7 Å². The second-order valence-corrected chi connectivity index (χ2v) is 10.2. The molecule has 0 spiro atoms. The fourth-order valence-corrected chi connectivity index (χ4v) is 6.03. The second-order valence-electron chi connectivity index (χ2n) is 9.10. The molecule has 2 aliphatic heterocycles. The number of benzene rings is 3. The summed E-state index contributed by atoms with van der Waals surface area (Å²) in [6.45, 7) is 11.8. The van der Waals surface area contributed by atoms with Gasteiger partial charge in [0.15, 0.2) is 0 Å². The maximum atomic E-state index is 6.39. The average molecular weight is 483 g/mol. The standard InChI is InChI=1S/C31H34N2OS/c1-5-8-19-33-30(35-29-17-13-23-11-9-10-12-27(23)31(29)33)18-15-25-20-22(4)26-16-14-24(21-28(26)34-25)32(6-2)7-3/h9-18,20-21H,5-8,19H2,1-4H3/b25-15+,30-18+. The van der Waals surface area contributed by atoms with Crippen molar-refractivity contribution in [1.82, 2.24) is 0 Å². The average Bonchev–Trinajstić information content (AvgIpc) is 3.24. The Labute approximate surface area is 213 Å².